The van der Waals surface area contributed by atoms with Crippen molar-refractivity contribution in [3.63, 3.8) is 0 Å². The van der Waals surface area contributed by atoms with Gasteiger partial charge in [-0.25, -0.2) is 9.67 Å². The highest BCUT2D eigenvalue weighted by atomic mass is 16.1. The summed E-state index contributed by atoms with van der Waals surface area (Å²) in [7, 11) is 0. The van der Waals surface area contributed by atoms with Crippen molar-refractivity contribution < 1.29 is 0 Å². The van der Waals surface area contributed by atoms with E-state index in [4.69, 9.17) is 0 Å². The number of hydrogen-bond acceptors (Lipinski definition) is 3. The van der Waals surface area contributed by atoms with E-state index in [1.807, 2.05) is 43.3 Å². The predicted octanol–water partition coefficient (Wildman–Crippen LogP) is 2.24. The van der Waals surface area contributed by atoms with Crippen molar-refractivity contribution in [1.82, 2.24) is 19.7 Å². The number of aryl methyl sites for hydroxylation is 2. The summed E-state index contributed by atoms with van der Waals surface area (Å²) in [5.74, 6) is 0.440. The second-order valence-corrected chi connectivity index (χ2v) is 4.66. The van der Waals surface area contributed by atoms with E-state index in [1.54, 1.807) is 11.6 Å². The number of H-pyrrole nitrogens is 1. The normalized spacial score (nSPS) is 10.7. The molecule has 0 saturated carbocycles. The fourth-order valence-electron chi connectivity index (χ4n) is 2.10. The maximum Gasteiger partial charge on any atom is 0.252 e. The first-order valence-corrected chi connectivity index (χ1v) is 6.34. The molecule has 0 radical (unpaired) electrons. The van der Waals surface area contributed by atoms with E-state index in [9.17, 15) is 4.79 Å². The van der Waals surface area contributed by atoms with Crippen LogP contribution in [0.3, 0.4) is 0 Å². The van der Waals surface area contributed by atoms with Crippen LogP contribution in [0.1, 0.15) is 11.4 Å². The zero-order chi connectivity index (χ0) is 14.1. The predicted molar refractivity (Wildman–Crippen MR) is 76.9 cm³/mol. The lowest BCUT2D eigenvalue weighted by atomic mass is 10.1. The van der Waals surface area contributed by atoms with Gasteiger partial charge in [-0.3, -0.25) is 9.78 Å². The first-order chi connectivity index (χ1) is 9.63. The van der Waals surface area contributed by atoms with E-state index >= 15 is 0 Å². The van der Waals surface area contributed by atoms with Crippen LogP contribution in [-0.4, -0.2) is 19.7 Å². The maximum atomic E-state index is 11.5. The summed E-state index contributed by atoms with van der Waals surface area (Å²) in [6, 6.07) is 13.3. The molecule has 0 atom stereocenters. The van der Waals surface area contributed by atoms with Gasteiger partial charge in [0.25, 0.3) is 5.56 Å². The Morgan fingerprint density at radius 1 is 1.10 bits per heavy atom. The molecular formula is C15H14N4O. The summed E-state index contributed by atoms with van der Waals surface area (Å²) in [4.78, 5) is 18.6. The Hall–Kier alpha value is -2.69. The number of nitrogens with one attached hydrogen (secondary N) is 1. The maximum absolute atomic E-state index is 11.5. The van der Waals surface area contributed by atoms with Crippen LogP contribution in [0.25, 0.3) is 17.2 Å². The zero-order valence-electron chi connectivity index (χ0n) is 11.3. The monoisotopic (exact) mass is 266 g/mol. The SMILES string of the molecule is Cc1cc(=O)[nH]c(-n2nc(-c3ccccc3)cc2C)n1. The minimum atomic E-state index is -0.177. The van der Waals surface area contributed by atoms with Gasteiger partial charge in [0.15, 0.2) is 0 Å². The Bertz CT molecular complexity index is 802. The molecule has 0 bridgehead atoms. The molecule has 5 nitrogen and oxygen atoms in total. The molecule has 0 fully saturated rings. The molecule has 100 valence electrons. The van der Waals surface area contributed by atoms with Gasteiger partial charge in [0.1, 0.15) is 0 Å². The molecule has 0 aliphatic rings. The van der Waals surface area contributed by atoms with Crippen molar-refractivity contribution in [3.05, 3.63) is 64.2 Å². The van der Waals surface area contributed by atoms with Crippen LogP contribution in [0.5, 0.6) is 0 Å². The highest BCUT2D eigenvalue weighted by Gasteiger charge is 2.10. The molecule has 2 heterocycles. The van der Waals surface area contributed by atoms with E-state index in [-0.39, 0.29) is 5.56 Å². The third-order valence-corrected chi connectivity index (χ3v) is 3.01. The molecule has 0 saturated heterocycles. The van der Waals surface area contributed by atoms with Gasteiger partial charge in [0, 0.05) is 23.0 Å². The quantitative estimate of drug-likeness (QED) is 0.773. The van der Waals surface area contributed by atoms with E-state index in [0.717, 1.165) is 17.0 Å². The van der Waals surface area contributed by atoms with Crippen molar-refractivity contribution in [2.75, 3.05) is 0 Å². The van der Waals surface area contributed by atoms with E-state index < -0.39 is 0 Å². The standard InChI is InChI=1S/C15H14N4O/c1-10-8-14(20)17-15(16-10)19-11(2)9-13(18-19)12-6-4-3-5-7-12/h3-9H,1-2H3,(H,16,17,20). The van der Waals surface area contributed by atoms with Crippen molar-refractivity contribution in [3.8, 4) is 17.2 Å². The molecule has 0 aliphatic heterocycles. The summed E-state index contributed by atoms with van der Waals surface area (Å²) >= 11 is 0. The van der Waals surface area contributed by atoms with Crippen molar-refractivity contribution >= 4 is 0 Å². The average molecular weight is 266 g/mol. The Kier molecular flexibility index (Phi) is 2.95. The lowest BCUT2D eigenvalue weighted by Gasteiger charge is -2.03. The molecule has 1 aromatic carbocycles. The minimum absolute atomic E-state index is 0.177. The number of aromatic nitrogens is 4. The Labute approximate surface area is 115 Å². The number of aromatic amines is 1. The summed E-state index contributed by atoms with van der Waals surface area (Å²) < 4.78 is 1.65. The largest absolute Gasteiger partial charge is 0.291 e. The third-order valence-electron chi connectivity index (χ3n) is 3.01. The third kappa shape index (κ3) is 2.25. The van der Waals surface area contributed by atoms with Crippen molar-refractivity contribution in [2.45, 2.75) is 13.8 Å². The number of benzene rings is 1. The molecule has 0 aliphatic carbocycles. The minimum Gasteiger partial charge on any atom is -0.291 e. The first-order valence-electron chi connectivity index (χ1n) is 6.34. The topological polar surface area (TPSA) is 63.6 Å². The van der Waals surface area contributed by atoms with Crippen molar-refractivity contribution in [2.24, 2.45) is 0 Å². The Morgan fingerprint density at radius 2 is 1.85 bits per heavy atom. The molecule has 0 amide bonds. The second-order valence-electron chi connectivity index (χ2n) is 4.66. The highest BCUT2D eigenvalue weighted by Crippen LogP contribution is 2.19. The summed E-state index contributed by atoms with van der Waals surface area (Å²) in [6.07, 6.45) is 0. The Morgan fingerprint density at radius 3 is 2.55 bits per heavy atom. The van der Waals surface area contributed by atoms with E-state index in [0.29, 0.717) is 11.6 Å². The summed E-state index contributed by atoms with van der Waals surface area (Å²) in [5, 5.41) is 4.52. The van der Waals surface area contributed by atoms with Crippen LogP contribution in [0.4, 0.5) is 0 Å². The lowest BCUT2D eigenvalue weighted by Crippen LogP contribution is -2.14. The number of nitrogens with zero attached hydrogens (tertiary/aromatic N) is 3. The molecule has 2 aromatic heterocycles. The van der Waals surface area contributed by atoms with Crippen molar-refractivity contribution in [1.29, 1.82) is 0 Å². The average Bonchev–Trinajstić information content (AvgIpc) is 2.81. The molecule has 20 heavy (non-hydrogen) atoms. The van der Waals surface area contributed by atoms with Crippen LogP contribution in [0.15, 0.2) is 47.3 Å². The summed E-state index contributed by atoms with van der Waals surface area (Å²) in [6.45, 7) is 3.72. The van der Waals surface area contributed by atoms with Gasteiger partial charge in [-0.1, -0.05) is 30.3 Å². The van der Waals surface area contributed by atoms with Gasteiger partial charge >= 0.3 is 0 Å². The molecule has 5 heteroatoms. The molecule has 0 unspecified atom stereocenters. The zero-order valence-corrected chi connectivity index (χ0v) is 11.3. The van der Waals surface area contributed by atoms with Crippen LogP contribution in [0.2, 0.25) is 0 Å². The fraction of sp³-hybridized carbons (Fsp3) is 0.133. The highest BCUT2D eigenvalue weighted by molar-refractivity contribution is 5.59. The number of rotatable bonds is 2. The molecular weight excluding hydrogens is 252 g/mol. The molecule has 3 rings (SSSR count). The van der Waals surface area contributed by atoms with Crippen LogP contribution in [-0.2, 0) is 0 Å². The van der Waals surface area contributed by atoms with Gasteiger partial charge in [-0.15, -0.1) is 0 Å². The van der Waals surface area contributed by atoms with Crippen LogP contribution < -0.4 is 5.56 Å². The first kappa shape index (κ1) is 12.3. The van der Waals surface area contributed by atoms with E-state index in [1.165, 1.54) is 6.07 Å². The van der Waals surface area contributed by atoms with Crippen LogP contribution >= 0.6 is 0 Å². The van der Waals surface area contributed by atoms with Gasteiger partial charge in [0.05, 0.1) is 5.69 Å². The van der Waals surface area contributed by atoms with E-state index in [2.05, 4.69) is 15.1 Å². The second kappa shape index (κ2) is 4.77. The van der Waals surface area contributed by atoms with Crippen LogP contribution in [0, 0.1) is 13.8 Å². The van der Waals surface area contributed by atoms with Gasteiger partial charge < -0.3 is 0 Å². The lowest BCUT2D eigenvalue weighted by molar-refractivity contribution is 0.773. The Balaban J connectivity index is 2.12. The molecule has 1 N–H and O–H groups in total. The fourth-order valence-corrected chi connectivity index (χ4v) is 2.10. The van der Waals surface area contributed by atoms with Gasteiger partial charge in [-0.05, 0) is 19.9 Å². The molecule has 0 spiro atoms. The smallest absolute Gasteiger partial charge is 0.252 e. The molecule has 3 aromatic rings. The van der Waals surface area contributed by atoms with Gasteiger partial charge in [-0.2, -0.15) is 5.10 Å². The summed E-state index contributed by atoms with van der Waals surface area (Å²) in [5.41, 5.74) is 3.29. The number of hydrogen-bond donors (Lipinski definition) is 1. The van der Waals surface area contributed by atoms with Gasteiger partial charge in [0.2, 0.25) is 5.95 Å².